The maximum Gasteiger partial charge on any atom is 0.263 e. The summed E-state index contributed by atoms with van der Waals surface area (Å²) in [6.07, 6.45) is 0.566. The Morgan fingerprint density at radius 2 is 2.27 bits per heavy atom. The van der Waals surface area contributed by atoms with E-state index < -0.39 is 17.9 Å². The van der Waals surface area contributed by atoms with Gasteiger partial charge in [0.05, 0.1) is 18.1 Å². The molecule has 3 heterocycles. The van der Waals surface area contributed by atoms with Gasteiger partial charge in [-0.3, -0.25) is 4.79 Å². The van der Waals surface area contributed by atoms with Gasteiger partial charge in [0.2, 0.25) is 0 Å². The fourth-order valence-corrected chi connectivity index (χ4v) is 5.02. The van der Waals surface area contributed by atoms with E-state index in [1.165, 1.54) is 16.2 Å². The minimum Gasteiger partial charge on any atom is -0.376 e. The van der Waals surface area contributed by atoms with Crippen LogP contribution in [0.1, 0.15) is 26.5 Å². The van der Waals surface area contributed by atoms with Crippen molar-refractivity contribution in [1.82, 2.24) is 4.90 Å². The summed E-state index contributed by atoms with van der Waals surface area (Å²) < 4.78 is 33.3. The molecule has 1 saturated heterocycles. The van der Waals surface area contributed by atoms with Crippen LogP contribution in [0.5, 0.6) is 0 Å². The molecule has 1 aromatic rings. The van der Waals surface area contributed by atoms with Crippen molar-refractivity contribution in [2.24, 2.45) is 17.6 Å². The largest absolute Gasteiger partial charge is 0.376 e. The second kappa shape index (κ2) is 4.97. The first-order valence-electron chi connectivity index (χ1n) is 7.58. The molecule has 1 saturated carbocycles. The van der Waals surface area contributed by atoms with E-state index >= 15 is 0 Å². The number of thiophene rings is 1. The highest BCUT2D eigenvalue weighted by molar-refractivity contribution is 7.14. The van der Waals surface area contributed by atoms with Crippen LogP contribution in [0.2, 0.25) is 0 Å². The second-order valence-corrected chi connectivity index (χ2v) is 7.61. The molecule has 0 spiro atoms. The van der Waals surface area contributed by atoms with Gasteiger partial charge in [0.1, 0.15) is 0 Å². The molecule has 0 aromatic carbocycles. The number of ether oxygens (including phenoxy) is 1. The summed E-state index contributed by atoms with van der Waals surface area (Å²) in [6.45, 7) is 1.67. The topological polar surface area (TPSA) is 55.6 Å². The van der Waals surface area contributed by atoms with Crippen molar-refractivity contribution in [2.45, 2.75) is 31.4 Å². The van der Waals surface area contributed by atoms with Crippen LogP contribution in [0.25, 0.3) is 0 Å². The Morgan fingerprint density at radius 1 is 1.45 bits per heavy atom. The number of carbonyl (C=O) groups excluding carboxylic acids is 1. The van der Waals surface area contributed by atoms with Gasteiger partial charge in [-0.2, -0.15) is 0 Å². The summed E-state index contributed by atoms with van der Waals surface area (Å²) in [7, 11) is 0. The van der Waals surface area contributed by atoms with Crippen molar-refractivity contribution >= 4 is 17.2 Å². The number of hydrogen-bond donors (Lipinski definition) is 1. The minimum atomic E-state index is -2.75. The van der Waals surface area contributed by atoms with E-state index in [1.807, 2.05) is 6.07 Å². The Kier molecular flexibility index (Phi) is 3.29. The molecule has 0 radical (unpaired) electrons. The minimum absolute atomic E-state index is 0.114. The number of carbonyl (C=O) groups is 1. The maximum absolute atomic E-state index is 13.9. The summed E-state index contributed by atoms with van der Waals surface area (Å²) >= 11 is 1.47. The van der Waals surface area contributed by atoms with Crippen LogP contribution in [0.15, 0.2) is 6.07 Å². The molecule has 3 atom stereocenters. The molecule has 7 heteroatoms. The number of likely N-dealkylation sites (tertiary alicyclic amines) is 1. The van der Waals surface area contributed by atoms with Gasteiger partial charge in [-0.25, -0.2) is 8.78 Å². The van der Waals surface area contributed by atoms with Crippen molar-refractivity contribution in [3.05, 3.63) is 21.4 Å². The smallest absolute Gasteiger partial charge is 0.263 e. The van der Waals surface area contributed by atoms with Crippen LogP contribution in [-0.2, 0) is 17.8 Å². The van der Waals surface area contributed by atoms with Gasteiger partial charge in [-0.05, 0) is 11.6 Å². The van der Waals surface area contributed by atoms with Gasteiger partial charge in [0.25, 0.3) is 11.8 Å². The van der Waals surface area contributed by atoms with Crippen molar-refractivity contribution in [2.75, 3.05) is 19.7 Å². The molecular weight excluding hydrogens is 310 g/mol. The second-order valence-electron chi connectivity index (χ2n) is 6.47. The number of nitrogens with zero attached hydrogens (tertiary/aromatic N) is 1. The predicted molar refractivity (Wildman–Crippen MR) is 78.1 cm³/mol. The lowest BCUT2D eigenvalue weighted by Crippen LogP contribution is -2.35. The van der Waals surface area contributed by atoms with Crippen LogP contribution in [0.3, 0.4) is 0 Å². The first-order chi connectivity index (χ1) is 10.5. The normalized spacial score (nSPS) is 32.9. The van der Waals surface area contributed by atoms with Crippen molar-refractivity contribution in [1.29, 1.82) is 0 Å². The van der Waals surface area contributed by atoms with E-state index in [0.29, 0.717) is 24.6 Å². The van der Waals surface area contributed by atoms with Gasteiger partial charge in [0.15, 0.2) is 0 Å². The lowest BCUT2D eigenvalue weighted by molar-refractivity contribution is -0.0393. The first-order valence-corrected chi connectivity index (χ1v) is 8.39. The Hall–Kier alpha value is -1.05. The molecule has 22 heavy (non-hydrogen) atoms. The number of nitrogens with two attached hydrogens (primary N) is 1. The molecule has 2 N–H and O–H groups in total. The average Bonchev–Trinajstić information content (AvgIpc) is 3.14. The SMILES string of the molecule is N[C@@H]1CC(F)(F)[C@H]2CN(C(=O)c3cc4c(s3)CCOC4)C[C@@H]12. The lowest BCUT2D eigenvalue weighted by atomic mass is 9.97. The monoisotopic (exact) mass is 328 g/mol. The third-order valence-electron chi connectivity index (χ3n) is 5.09. The lowest BCUT2D eigenvalue weighted by Gasteiger charge is -2.20. The van der Waals surface area contributed by atoms with E-state index in [1.54, 1.807) is 4.90 Å². The van der Waals surface area contributed by atoms with E-state index in [4.69, 9.17) is 10.5 Å². The summed E-state index contributed by atoms with van der Waals surface area (Å²) in [4.78, 5) is 16.0. The summed E-state index contributed by atoms with van der Waals surface area (Å²) in [5.41, 5.74) is 6.90. The number of amides is 1. The van der Waals surface area contributed by atoms with Gasteiger partial charge in [-0.15, -0.1) is 11.3 Å². The Labute approximate surface area is 131 Å². The Morgan fingerprint density at radius 3 is 3.00 bits per heavy atom. The molecule has 2 fully saturated rings. The molecule has 1 aliphatic carbocycles. The predicted octanol–water partition coefficient (Wildman–Crippen LogP) is 1.88. The number of alkyl halides is 2. The first kappa shape index (κ1) is 14.5. The quantitative estimate of drug-likeness (QED) is 0.856. The number of hydrogen-bond acceptors (Lipinski definition) is 4. The standard InChI is InChI=1S/C15H18F2N2O2S/c16-15(17)4-11(18)9-5-19(6-10(9)15)14(20)13-3-8-7-21-2-1-12(8)22-13/h3,9-11H,1-2,4-7,18H2/t9-,10+,11-/m1/s1. The maximum atomic E-state index is 13.9. The fraction of sp³-hybridized carbons (Fsp3) is 0.667. The van der Waals surface area contributed by atoms with Gasteiger partial charge >= 0.3 is 0 Å². The van der Waals surface area contributed by atoms with Crippen LogP contribution >= 0.6 is 11.3 Å². The molecular formula is C15H18F2N2O2S. The van der Waals surface area contributed by atoms with Crippen molar-refractivity contribution in [3.63, 3.8) is 0 Å². The highest BCUT2D eigenvalue weighted by Gasteiger charge is 2.58. The molecule has 0 bridgehead atoms. The molecule has 2 aliphatic heterocycles. The van der Waals surface area contributed by atoms with Crippen LogP contribution in [0, 0.1) is 11.8 Å². The van der Waals surface area contributed by atoms with Gasteiger partial charge in [0, 0.05) is 48.7 Å². The van der Waals surface area contributed by atoms with Crippen molar-refractivity contribution < 1.29 is 18.3 Å². The summed E-state index contributed by atoms with van der Waals surface area (Å²) in [5, 5.41) is 0. The fourth-order valence-electron chi connectivity index (χ4n) is 3.90. The van der Waals surface area contributed by atoms with Crippen LogP contribution < -0.4 is 5.73 Å². The van der Waals surface area contributed by atoms with Crippen molar-refractivity contribution in [3.8, 4) is 0 Å². The van der Waals surface area contributed by atoms with Gasteiger partial charge in [-0.1, -0.05) is 0 Å². The molecule has 1 amide bonds. The van der Waals surface area contributed by atoms with Gasteiger partial charge < -0.3 is 15.4 Å². The molecule has 1 aromatic heterocycles. The Balaban J connectivity index is 1.54. The number of fused-ring (bicyclic) bond motifs is 2. The third kappa shape index (κ3) is 2.18. The number of rotatable bonds is 1. The van der Waals surface area contributed by atoms with E-state index in [9.17, 15) is 13.6 Å². The van der Waals surface area contributed by atoms with Crippen LogP contribution in [-0.4, -0.2) is 42.5 Å². The Bertz CT molecular complexity index is 595. The molecule has 4 rings (SSSR count). The highest BCUT2D eigenvalue weighted by atomic mass is 32.1. The molecule has 4 nitrogen and oxygen atoms in total. The zero-order valence-electron chi connectivity index (χ0n) is 12.1. The van der Waals surface area contributed by atoms with E-state index in [2.05, 4.69) is 0 Å². The van der Waals surface area contributed by atoms with E-state index in [0.717, 1.165) is 12.0 Å². The summed E-state index contributed by atoms with van der Waals surface area (Å²) in [6, 6.07) is 1.34. The zero-order chi connectivity index (χ0) is 15.5. The van der Waals surface area contributed by atoms with E-state index in [-0.39, 0.29) is 24.8 Å². The number of halogens is 2. The molecule has 120 valence electrons. The average molecular weight is 328 g/mol. The summed E-state index contributed by atoms with van der Waals surface area (Å²) in [5.74, 6) is -3.96. The van der Waals surface area contributed by atoms with Crippen LogP contribution in [0.4, 0.5) is 8.78 Å². The molecule has 3 aliphatic rings. The third-order valence-corrected chi connectivity index (χ3v) is 6.32. The highest BCUT2D eigenvalue weighted by Crippen LogP contribution is 2.48. The molecule has 0 unspecified atom stereocenters. The zero-order valence-corrected chi connectivity index (χ0v) is 12.9.